The van der Waals surface area contributed by atoms with Gasteiger partial charge in [-0.1, -0.05) is 29.8 Å². The fraction of sp³-hybridized carbons (Fsp3) is 0.350. The molecule has 1 amide bonds. The van der Waals surface area contributed by atoms with Crippen molar-refractivity contribution in [2.24, 2.45) is 5.73 Å². The summed E-state index contributed by atoms with van der Waals surface area (Å²) in [7, 11) is 2.15. The number of benzene rings is 2. The number of hydrogen-bond donors (Lipinski definition) is 1. The molecule has 26 heavy (non-hydrogen) atoms. The maximum Gasteiger partial charge on any atom is 0.249 e. The van der Waals surface area contributed by atoms with Crippen LogP contribution in [0.25, 0.3) is 11.1 Å². The van der Waals surface area contributed by atoms with Crippen LogP contribution >= 0.6 is 34.2 Å². The van der Waals surface area contributed by atoms with Gasteiger partial charge >= 0.3 is 0 Å². The topological polar surface area (TPSA) is 49.6 Å². The van der Waals surface area contributed by atoms with Crippen molar-refractivity contribution in [2.75, 3.05) is 33.2 Å². The summed E-state index contributed by atoms with van der Waals surface area (Å²) in [6, 6.07) is 9.78. The van der Waals surface area contributed by atoms with Gasteiger partial charge in [-0.25, -0.2) is 0 Å². The van der Waals surface area contributed by atoms with Crippen LogP contribution in [0.5, 0.6) is 0 Å². The van der Waals surface area contributed by atoms with Gasteiger partial charge in [0.1, 0.15) is 0 Å². The summed E-state index contributed by atoms with van der Waals surface area (Å²) in [4.78, 5) is 16.6. The van der Waals surface area contributed by atoms with E-state index in [9.17, 15) is 4.79 Å². The van der Waals surface area contributed by atoms with Gasteiger partial charge in [0.25, 0.3) is 0 Å². The number of carbonyl (C=O) groups excluding carboxylic acids is 1. The van der Waals surface area contributed by atoms with Crippen LogP contribution in [0.3, 0.4) is 0 Å². The second kappa shape index (κ2) is 8.25. The molecule has 2 aromatic rings. The lowest BCUT2D eigenvalue weighted by Gasteiger charge is -2.32. The van der Waals surface area contributed by atoms with Crippen molar-refractivity contribution in [3.8, 4) is 11.1 Å². The van der Waals surface area contributed by atoms with Gasteiger partial charge < -0.3 is 10.6 Å². The quantitative estimate of drug-likeness (QED) is 0.674. The number of halogens is 2. The lowest BCUT2D eigenvalue weighted by Crippen LogP contribution is -2.43. The van der Waals surface area contributed by atoms with Crippen molar-refractivity contribution in [1.82, 2.24) is 9.80 Å². The number of nitrogens with zero attached hydrogens (tertiary/aromatic N) is 2. The van der Waals surface area contributed by atoms with E-state index in [4.69, 9.17) is 17.3 Å². The molecule has 1 saturated heterocycles. The molecule has 3 rings (SSSR count). The number of nitrogens with two attached hydrogens (primary N) is 1. The van der Waals surface area contributed by atoms with E-state index >= 15 is 0 Å². The highest BCUT2D eigenvalue weighted by molar-refractivity contribution is 14.1. The lowest BCUT2D eigenvalue weighted by molar-refractivity contribution is 0.100. The lowest BCUT2D eigenvalue weighted by atomic mass is 9.96. The van der Waals surface area contributed by atoms with E-state index in [-0.39, 0.29) is 0 Å². The molecule has 1 heterocycles. The van der Waals surface area contributed by atoms with Crippen molar-refractivity contribution in [2.45, 2.75) is 13.5 Å². The van der Waals surface area contributed by atoms with Crippen LogP contribution in [-0.2, 0) is 6.54 Å². The van der Waals surface area contributed by atoms with Crippen LogP contribution in [0, 0.1) is 10.5 Å². The molecule has 0 atom stereocenters. The maximum absolute atomic E-state index is 11.9. The van der Waals surface area contributed by atoms with Gasteiger partial charge in [0.05, 0.1) is 0 Å². The number of piperazine rings is 1. The van der Waals surface area contributed by atoms with E-state index in [1.54, 1.807) is 6.07 Å². The molecular formula is C20H23ClIN3O. The summed E-state index contributed by atoms with van der Waals surface area (Å²) in [5.74, 6) is -0.421. The highest BCUT2D eigenvalue weighted by Gasteiger charge is 2.18. The van der Waals surface area contributed by atoms with Crippen LogP contribution in [0.4, 0.5) is 0 Å². The number of rotatable bonds is 4. The monoisotopic (exact) mass is 483 g/mol. The Morgan fingerprint density at radius 1 is 1.19 bits per heavy atom. The average molecular weight is 484 g/mol. The first kappa shape index (κ1) is 19.6. The Kier molecular flexibility index (Phi) is 6.22. The third kappa shape index (κ3) is 4.22. The molecule has 0 spiro atoms. The van der Waals surface area contributed by atoms with Gasteiger partial charge in [0.15, 0.2) is 0 Å². The zero-order valence-electron chi connectivity index (χ0n) is 15.1. The predicted molar refractivity (Wildman–Crippen MR) is 116 cm³/mol. The van der Waals surface area contributed by atoms with Crippen molar-refractivity contribution >= 4 is 40.1 Å². The molecule has 6 heteroatoms. The Hall–Kier alpha value is -1.15. The van der Waals surface area contributed by atoms with Crippen molar-refractivity contribution in [3.63, 3.8) is 0 Å². The van der Waals surface area contributed by atoms with Crippen LogP contribution in [0.2, 0.25) is 5.02 Å². The molecule has 4 nitrogen and oxygen atoms in total. The molecule has 2 N–H and O–H groups in total. The molecule has 0 bridgehead atoms. The number of hydrogen-bond acceptors (Lipinski definition) is 3. The molecule has 1 aliphatic rings. The van der Waals surface area contributed by atoms with Crippen molar-refractivity contribution < 1.29 is 4.79 Å². The largest absolute Gasteiger partial charge is 0.366 e. The highest BCUT2D eigenvalue weighted by atomic mass is 127. The normalized spacial score (nSPS) is 16.0. The molecule has 0 aromatic heterocycles. The molecule has 2 aromatic carbocycles. The number of carbonyl (C=O) groups is 1. The zero-order chi connectivity index (χ0) is 18.8. The molecule has 138 valence electrons. The second-order valence-corrected chi connectivity index (χ2v) is 8.35. The van der Waals surface area contributed by atoms with Crippen molar-refractivity contribution in [1.29, 1.82) is 0 Å². The molecule has 1 fully saturated rings. The number of amides is 1. The summed E-state index contributed by atoms with van der Waals surface area (Å²) < 4.78 is 1.03. The summed E-state index contributed by atoms with van der Waals surface area (Å²) >= 11 is 8.87. The minimum atomic E-state index is -0.421. The molecule has 0 unspecified atom stereocenters. The van der Waals surface area contributed by atoms with E-state index in [0.29, 0.717) is 5.56 Å². The minimum absolute atomic E-state index is 0.421. The summed E-state index contributed by atoms with van der Waals surface area (Å²) in [5.41, 5.74) is 10.1. The summed E-state index contributed by atoms with van der Waals surface area (Å²) in [5, 5.41) is 0.731. The van der Waals surface area contributed by atoms with E-state index in [0.717, 1.165) is 63.6 Å². The Balaban J connectivity index is 1.91. The molecule has 0 radical (unpaired) electrons. The van der Waals surface area contributed by atoms with Crippen LogP contribution < -0.4 is 5.73 Å². The second-order valence-electron chi connectivity index (χ2n) is 6.87. The summed E-state index contributed by atoms with van der Waals surface area (Å²) in [6.07, 6.45) is 0. The first-order valence-corrected chi connectivity index (χ1v) is 10.1. The third-order valence-electron chi connectivity index (χ3n) is 4.93. The fourth-order valence-electron chi connectivity index (χ4n) is 3.25. The van der Waals surface area contributed by atoms with Gasteiger partial charge in [-0.05, 0) is 65.4 Å². The molecular weight excluding hydrogens is 461 g/mol. The van der Waals surface area contributed by atoms with Gasteiger partial charge in [0.2, 0.25) is 5.91 Å². The molecule has 1 aliphatic heterocycles. The third-order valence-corrected chi connectivity index (χ3v) is 6.67. The number of aryl methyl sites for hydroxylation is 1. The Morgan fingerprint density at radius 2 is 1.88 bits per heavy atom. The number of primary amides is 1. The van der Waals surface area contributed by atoms with Gasteiger partial charge in [-0.3, -0.25) is 9.69 Å². The first-order valence-electron chi connectivity index (χ1n) is 8.65. The Labute approximate surface area is 173 Å². The van der Waals surface area contributed by atoms with Crippen LogP contribution in [-0.4, -0.2) is 48.9 Å². The molecule has 0 saturated carbocycles. The van der Waals surface area contributed by atoms with Crippen molar-refractivity contribution in [3.05, 3.63) is 55.6 Å². The fourth-order valence-corrected chi connectivity index (χ4v) is 4.27. The first-order chi connectivity index (χ1) is 12.4. The minimum Gasteiger partial charge on any atom is -0.366 e. The smallest absolute Gasteiger partial charge is 0.249 e. The van der Waals surface area contributed by atoms with Crippen LogP contribution in [0.15, 0.2) is 30.3 Å². The van der Waals surface area contributed by atoms with Gasteiger partial charge in [-0.15, -0.1) is 0 Å². The average Bonchev–Trinajstić information content (AvgIpc) is 2.60. The SMILES string of the molecule is Cc1ccc(C(N)=O)c(-c2ccc(CN3CCN(C)CC3)c(Cl)c2)c1I. The van der Waals surface area contributed by atoms with E-state index in [2.05, 4.69) is 45.5 Å². The standard InChI is InChI=1S/C20H23ClIN3O/c1-13-3-6-16(20(23)26)18(19(13)22)14-4-5-15(17(21)11-14)12-25-9-7-24(2)8-10-25/h3-6,11H,7-10,12H2,1-2H3,(H2,23,26). The van der Waals surface area contributed by atoms with E-state index in [1.165, 1.54) is 0 Å². The van der Waals surface area contributed by atoms with Gasteiger partial charge in [-0.2, -0.15) is 0 Å². The maximum atomic E-state index is 11.9. The van der Waals surface area contributed by atoms with E-state index < -0.39 is 5.91 Å². The highest BCUT2D eigenvalue weighted by Crippen LogP contribution is 2.34. The zero-order valence-corrected chi connectivity index (χ0v) is 18.0. The van der Waals surface area contributed by atoms with Crippen LogP contribution in [0.1, 0.15) is 21.5 Å². The Morgan fingerprint density at radius 3 is 2.50 bits per heavy atom. The Bertz CT molecular complexity index is 832. The summed E-state index contributed by atoms with van der Waals surface area (Å²) in [6.45, 7) is 7.14. The van der Waals surface area contributed by atoms with E-state index in [1.807, 2.05) is 25.1 Å². The van der Waals surface area contributed by atoms with Gasteiger partial charge in [0, 0.05) is 52.4 Å². The molecule has 0 aliphatic carbocycles. The predicted octanol–water partition coefficient (Wildman–Crippen LogP) is 3.77. The number of likely N-dealkylation sites (N-methyl/N-ethyl adjacent to an activating group) is 1.